The van der Waals surface area contributed by atoms with E-state index < -0.39 is 8.24 Å². The van der Waals surface area contributed by atoms with Crippen LogP contribution in [-0.2, 0) is 26.2 Å². The van der Waals surface area contributed by atoms with Gasteiger partial charge in [-0.2, -0.15) is 0 Å². The molecule has 0 unspecified atom stereocenters. The highest BCUT2D eigenvalue weighted by Gasteiger charge is 2.27. The van der Waals surface area contributed by atoms with E-state index in [0.29, 0.717) is 0 Å². The standard InChI is InChI=1S/C32H36N2Si/c1-35(2,34(27-31-19-11-5-12-20-31)28-32-21-13-6-14-22-32)24-23-33(25-29-15-7-3-8-16-29)26-30-17-9-4-10-18-30/h3-24H,25-28H2,1-2H3. The van der Waals surface area contributed by atoms with Crippen LogP contribution in [-0.4, -0.2) is 17.7 Å². The summed E-state index contributed by atoms with van der Waals surface area (Å²) in [4.78, 5) is 2.45. The summed E-state index contributed by atoms with van der Waals surface area (Å²) in [6.07, 6.45) is 2.36. The molecule has 0 aromatic heterocycles. The molecular weight excluding hydrogens is 440 g/mol. The number of hydrogen-bond acceptors (Lipinski definition) is 2. The predicted octanol–water partition coefficient (Wildman–Crippen LogP) is 7.65. The van der Waals surface area contributed by atoms with Gasteiger partial charge in [-0.05, 0) is 28.5 Å². The summed E-state index contributed by atoms with van der Waals surface area (Å²) in [7, 11) is -1.88. The summed E-state index contributed by atoms with van der Waals surface area (Å²) in [6, 6.07) is 43.2. The average molecular weight is 477 g/mol. The summed E-state index contributed by atoms with van der Waals surface area (Å²) >= 11 is 0. The molecule has 0 bridgehead atoms. The van der Waals surface area contributed by atoms with Crippen LogP contribution in [0.4, 0.5) is 0 Å². The molecule has 35 heavy (non-hydrogen) atoms. The molecule has 0 aliphatic carbocycles. The quantitative estimate of drug-likeness (QED) is 0.205. The molecule has 0 spiro atoms. The van der Waals surface area contributed by atoms with E-state index in [-0.39, 0.29) is 0 Å². The van der Waals surface area contributed by atoms with Crippen LogP contribution >= 0.6 is 0 Å². The third-order valence-corrected chi connectivity index (χ3v) is 9.31. The molecule has 4 aromatic carbocycles. The van der Waals surface area contributed by atoms with E-state index in [0.717, 1.165) is 26.2 Å². The lowest BCUT2D eigenvalue weighted by Gasteiger charge is -2.36. The van der Waals surface area contributed by atoms with E-state index in [9.17, 15) is 0 Å². The molecule has 0 aliphatic heterocycles. The minimum Gasteiger partial charge on any atom is -0.369 e. The molecule has 0 radical (unpaired) electrons. The first-order valence-electron chi connectivity index (χ1n) is 12.4. The van der Waals surface area contributed by atoms with Gasteiger partial charge in [-0.1, -0.05) is 140 Å². The van der Waals surface area contributed by atoms with Gasteiger partial charge in [0.1, 0.15) is 8.24 Å². The van der Waals surface area contributed by atoms with E-state index in [2.05, 4.69) is 156 Å². The van der Waals surface area contributed by atoms with Crippen LogP contribution in [0.2, 0.25) is 13.1 Å². The number of benzene rings is 4. The van der Waals surface area contributed by atoms with Crippen LogP contribution in [0.3, 0.4) is 0 Å². The maximum Gasteiger partial charge on any atom is 0.148 e. The van der Waals surface area contributed by atoms with Crippen molar-refractivity contribution in [1.29, 1.82) is 0 Å². The van der Waals surface area contributed by atoms with Crippen molar-refractivity contribution in [3.63, 3.8) is 0 Å². The summed E-state index contributed by atoms with van der Waals surface area (Å²) in [5.41, 5.74) is 7.90. The van der Waals surface area contributed by atoms with Gasteiger partial charge < -0.3 is 9.47 Å². The first kappa shape index (κ1) is 24.7. The van der Waals surface area contributed by atoms with Crippen LogP contribution in [0.1, 0.15) is 22.3 Å². The largest absolute Gasteiger partial charge is 0.369 e. The molecule has 0 heterocycles. The van der Waals surface area contributed by atoms with Gasteiger partial charge in [0, 0.05) is 26.2 Å². The predicted molar refractivity (Wildman–Crippen MR) is 151 cm³/mol. The maximum atomic E-state index is 2.69. The van der Waals surface area contributed by atoms with Crippen LogP contribution in [0.5, 0.6) is 0 Å². The summed E-state index contributed by atoms with van der Waals surface area (Å²) < 4.78 is 2.69. The first-order valence-corrected chi connectivity index (χ1v) is 15.5. The summed E-state index contributed by atoms with van der Waals surface area (Å²) in [5, 5.41) is 0. The third kappa shape index (κ3) is 7.81. The minimum absolute atomic E-state index is 0.897. The lowest BCUT2D eigenvalue weighted by atomic mass is 10.2. The Balaban J connectivity index is 1.57. The molecular formula is C32H36N2Si. The lowest BCUT2D eigenvalue weighted by Crippen LogP contribution is -2.46. The Morgan fingerprint density at radius 3 is 1.14 bits per heavy atom. The highest BCUT2D eigenvalue weighted by Crippen LogP contribution is 2.21. The van der Waals surface area contributed by atoms with Gasteiger partial charge in [0.2, 0.25) is 0 Å². The van der Waals surface area contributed by atoms with Crippen molar-refractivity contribution >= 4 is 8.24 Å². The molecule has 4 aromatic rings. The van der Waals surface area contributed by atoms with Crippen molar-refractivity contribution in [2.24, 2.45) is 0 Å². The Morgan fingerprint density at radius 2 is 0.800 bits per heavy atom. The van der Waals surface area contributed by atoms with Crippen molar-refractivity contribution in [2.45, 2.75) is 39.3 Å². The smallest absolute Gasteiger partial charge is 0.148 e. The molecule has 0 fully saturated rings. The fraction of sp³-hybridized carbons (Fsp3) is 0.188. The molecule has 4 rings (SSSR count). The minimum atomic E-state index is -1.88. The third-order valence-electron chi connectivity index (χ3n) is 6.40. The van der Waals surface area contributed by atoms with E-state index >= 15 is 0 Å². The fourth-order valence-electron chi connectivity index (χ4n) is 4.26. The van der Waals surface area contributed by atoms with Gasteiger partial charge in [-0.15, -0.1) is 0 Å². The molecule has 3 heteroatoms. The Bertz CT molecular complexity index is 1080. The van der Waals surface area contributed by atoms with Crippen LogP contribution in [0.15, 0.2) is 133 Å². The molecule has 2 nitrogen and oxygen atoms in total. The fourth-order valence-corrected chi connectivity index (χ4v) is 6.23. The van der Waals surface area contributed by atoms with Crippen LogP contribution in [0.25, 0.3) is 0 Å². The van der Waals surface area contributed by atoms with Gasteiger partial charge in [-0.3, -0.25) is 0 Å². The molecule has 178 valence electrons. The van der Waals surface area contributed by atoms with Gasteiger partial charge in [-0.25, -0.2) is 0 Å². The molecule has 0 saturated heterocycles. The maximum absolute atomic E-state index is 2.69. The Morgan fingerprint density at radius 1 is 0.486 bits per heavy atom. The molecule has 0 atom stereocenters. The summed E-state index contributed by atoms with van der Waals surface area (Å²) in [5.74, 6) is 0. The first-order chi connectivity index (χ1) is 17.1. The molecule has 0 aliphatic rings. The molecule has 0 amide bonds. The van der Waals surface area contributed by atoms with E-state index in [1.165, 1.54) is 22.3 Å². The van der Waals surface area contributed by atoms with E-state index in [1.807, 2.05) is 0 Å². The average Bonchev–Trinajstić information content (AvgIpc) is 2.89. The second kappa shape index (κ2) is 12.3. The Labute approximate surface area is 212 Å². The van der Waals surface area contributed by atoms with Gasteiger partial charge in [0.15, 0.2) is 0 Å². The zero-order chi connectivity index (χ0) is 24.3. The lowest BCUT2D eigenvalue weighted by molar-refractivity contribution is 0.360. The molecule has 0 saturated carbocycles. The highest BCUT2D eigenvalue weighted by atomic mass is 28.3. The van der Waals surface area contributed by atoms with E-state index in [4.69, 9.17) is 0 Å². The second-order valence-corrected chi connectivity index (χ2v) is 13.9. The number of hydrogen-bond donors (Lipinski definition) is 0. The summed E-state index contributed by atoms with van der Waals surface area (Å²) in [6.45, 7) is 8.62. The van der Waals surface area contributed by atoms with Crippen molar-refractivity contribution in [3.8, 4) is 0 Å². The Kier molecular flexibility index (Phi) is 8.72. The zero-order valence-electron chi connectivity index (χ0n) is 20.9. The van der Waals surface area contributed by atoms with Gasteiger partial charge >= 0.3 is 0 Å². The van der Waals surface area contributed by atoms with E-state index in [1.54, 1.807) is 0 Å². The number of rotatable bonds is 11. The van der Waals surface area contributed by atoms with Crippen molar-refractivity contribution in [3.05, 3.63) is 155 Å². The second-order valence-electron chi connectivity index (χ2n) is 9.67. The van der Waals surface area contributed by atoms with Crippen molar-refractivity contribution in [1.82, 2.24) is 9.47 Å². The monoisotopic (exact) mass is 476 g/mol. The zero-order valence-corrected chi connectivity index (χ0v) is 21.9. The molecule has 0 N–H and O–H groups in total. The highest BCUT2D eigenvalue weighted by molar-refractivity contribution is 6.79. The van der Waals surface area contributed by atoms with Crippen LogP contribution in [0, 0.1) is 0 Å². The van der Waals surface area contributed by atoms with Gasteiger partial charge in [0.25, 0.3) is 0 Å². The SMILES string of the molecule is C[Si](C)(C=CN(Cc1ccccc1)Cc1ccccc1)N(Cc1ccccc1)Cc1ccccc1. The Hall–Kier alpha value is -3.40. The van der Waals surface area contributed by atoms with Crippen molar-refractivity contribution < 1.29 is 0 Å². The topological polar surface area (TPSA) is 6.48 Å². The number of nitrogens with zero attached hydrogens (tertiary/aromatic N) is 2. The normalized spacial score (nSPS) is 11.7. The van der Waals surface area contributed by atoms with Gasteiger partial charge in [0.05, 0.1) is 0 Å². The van der Waals surface area contributed by atoms with Crippen molar-refractivity contribution in [2.75, 3.05) is 0 Å². The van der Waals surface area contributed by atoms with Crippen LogP contribution < -0.4 is 0 Å².